The first-order valence-electron chi connectivity index (χ1n) is 6.04. The summed E-state index contributed by atoms with van der Waals surface area (Å²) in [5.41, 5.74) is 1.38. The van der Waals surface area contributed by atoms with Gasteiger partial charge in [-0.05, 0) is 27.7 Å². The van der Waals surface area contributed by atoms with Crippen LogP contribution in [0.25, 0.3) is 0 Å². The second-order valence-electron chi connectivity index (χ2n) is 6.00. The highest BCUT2D eigenvalue weighted by molar-refractivity contribution is 7.09. The lowest BCUT2D eigenvalue weighted by molar-refractivity contribution is 0.321. The fourth-order valence-electron chi connectivity index (χ4n) is 1.58. The fraction of sp³-hybridized carbons (Fsp3) is 0.643. The summed E-state index contributed by atoms with van der Waals surface area (Å²) in [6.07, 6.45) is 2.99. The molecule has 3 heteroatoms. The van der Waals surface area contributed by atoms with Gasteiger partial charge in [0.1, 0.15) is 0 Å². The zero-order valence-electron chi connectivity index (χ0n) is 11.6. The number of hydrogen-bond acceptors (Lipinski definition) is 3. The number of rotatable bonds is 5. The van der Waals surface area contributed by atoms with Crippen molar-refractivity contribution in [2.45, 2.75) is 46.6 Å². The molecule has 0 saturated heterocycles. The predicted octanol–water partition coefficient (Wildman–Crippen LogP) is 3.57. The predicted molar refractivity (Wildman–Crippen MR) is 76.6 cm³/mol. The standard InChI is InChI=1S/C14H24N2S/c1-7-14(6,10-15-13(3,4)5)8-12-9-17-11(2)16-12/h7,9,15H,1,8,10H2,2-6H3. The summed E-state index contributed by atoms with van der Waals surface area (Å²) in [4.78, 5) is 4.53. The van der Waals surface area contributed by atoms with Crippen molar-refractivity contribution >= 4 is 11.3 Å². The summed E-state index contributed by atoms with van der Waals surface area (Å²) >= 11 is 1.71. The molecule has 1 aromatic heterocycles. The Labute approximate surface area is 109 Å². The average molecular weight is 252 g/mol. The third-order valence-corrected chi connectivity index (χ3v) is 3.59. The molecule has 0 aliphatic rings. The summed E-state index contributed by atoms with van der Waals surface area (Å²) in [7, 11) is 0. The molecule has 0 amide bonds. The van der Waals surface area contributed by atoms with Crippen molar-refractivity contribution < 1.29 is 0 Å². The first-order chi connectivity index (χ1) is 7.74. The Hall–Kier alpha value is -0.670. The highest BCUT2D eigenvalue weighted by atomic mass is 32.1. The number of nitrogens with zero attached hydrogens (tertiary/aromatic N) is 1. The lowest BCUT2D eigenvalue weighted by atomic mass is 9.85. The van der Waals surface area contributed by atoms with E-state index in [1.54, 1.807) is 11.3 Å². The monoisotopic (exact) mass is 252 g/mol. The molecule has 0 aliphatic carbocycles. The van der Waals surface area contributed by atoms with Crippen LogP contribution in [-0.4, -0.2) is 17.1 Å². The first-order valence-corrected chi connectivity index (χ1v) is 6.92. The average Bonchev–Trinajstić information content (AvgIpc) is 2.60. The van der Waals surface area contributed by atoms with Crippen molar-refractivity contribution in [2.24, 2.45) is 5.41 Å². The molecule has 17 heavy (non-hydrogen) atoms. The van der Waals surface area contributed by atoms with Crippen LogP contribution < -0.4 is 5.32 Å². The van der Waals surface area contributed by atoms with Crippen molar-refractivity contribution in [2.75, 3.05) is 6.54 Å². The molecule has 0 bridgehead atoms. The van der Waals surface area contributed by atoms with Crippen molar-refractivity contribution in [3.05, 3.63) is 28.7 Å². The molecule has 0 aromatic carbocycles. The molecule has 0 aliphatic heterocycles. The molecule has 1 rings (SSSR count). The number of nitrogens with one attached hydrogen (secondary N) is 1. The van der Waals surface area contributed by atoms with Crippen LogP contribution in [0.2, 0.25) is 0 Å². The Balaban J connectivity index is 2.65. The van der Waals surface area contributed by atoms with E-state index in [4.69, 9.17) is 0 Å². The van der Waals surface area contributed by atoms with E-state index in [1.165, 1.54) is 5.69 Å². The van der Waals surface area contributed by atoms with Crippen LogP contribution >= 0.6 is 11.3 Å². The second-order valence-corrected chi connectivity index (χ2v) is 7.06. The lowest BCUT2D eigenvalue weighted by Crippen LogP contribution is -2.43. The molecule has 1 N–H and O–H groups in total. The van der Waals surface area contributed by atoms with E-state index < -0.39 is 0 Å². The Bertz CT molecular complexity index is 376. The Kier molecular flexibility index (Phi) is 4.50. The van der Waals surface area contributed by atoms with Crippen molar-refractivity contribution in [3.8, 4) is 0 Å². The van der Waals surface area contributed by atoms with Crippen molar-refractivity contribution in [1.82, 2.24) is 10.3 Å². The largest absolute Gasteiger partial charge is 0.311 e. The SMILES string of the molecule is C=CC(C)(CNC(C)(C)C)Cc1csc(C)n1. The van der Waals surface area contributed by atoms with E-state index in [0.717, 1.165) is 18.0 Å². The molecule has 1 atom stereocenters. The second kappa shape index (κ2) is 5.32. The van der Waals surface area contributed by atoms with Gasteiger partial charge < -0.3 is 5.32 Å². The minimum atomic E-state index is 0.0633. The van der Waals surface area contributed by atoms with Gasteiger partial charge in [-0.1, -0.05) is 13.0 Å². The van der Waals surface area contributed by atoms with Gasteiger partial charge >= 0.3 is 0 Å². The van der Waals surface area contributed by atoms with E-state index in [1.807, 2.05) is 13.0 Å². The van der Waals surface area contributed by atoms with Gasteiger partial charge in [-0.25, -0.2) is 4.98 Å². The van der Waals surface area contributed by atoms with Crippen LogP contribution in [0.3, 0.4) is 0 Å². The van der Waals surface area contributed by atoms with Crippen molar-refractivity contribution in [3.63, 3.8) is 0 Å². The third-order valence-electron chi connectivity index (χ3n) is 2.77. The van der Waals surface area contributed by atoms with E-state index in [-0.39, 0.29) is 11.0 Å². The van der Waals surface area contributed by atoms with E-state index in [2.05, 4.69) is 50.0 Å². The summed E-state index contributed by atoms with van der Waals surface area (Å²) < 4.78 is 0. The number of thiazole rings is 1. The summed E-state index contributed by atoms with van der Waals surface area (Å²) in [5, 5.41) is 6.83. The molecule has 1 aromatic rings. The normalized spacial score (nSPS) is 15.6. The zero-order chi connectivity index (χ0) is 13.1. The fourth-order valence-corrected chi connectivity index (χ4v) is 2.19. The summed E-state index contributed by atoms with van der Waals surface area (Å²) in [5.74, 6) is 0. The lowest BCUT2D eigenvalue weighted by Gasteiger charge is -2.30. The molecule has 1 heterocycles. The van der Waals surface area contributed by atoms with Crippen LogP contribution in [-0.2, 0) is 6.42 Å². The smallest absolute Gasteiger partial charge is 0.0897 e. The molecule has 1 unspecified atom stereocenters. The quantitative estimate of drug-likeness (QED) is 0.810. The van der Waals surface area contributed by atoms with Gasteiger partial charge in [-0.3, -0.25) is 0 Å². The Morgan fingerprint density at radius 2 is 2.06 bits per heavy atom. The maximum Gasteiger partial charge on any atom is 0.0897 e. The molecule has 0 saturated carbocycles. The number of aryl methyl sites for hydroxylation is 1. The topological polar surface area (TPSA) is 24.9 Å². The van der Waals surface area contributed by atoms with Crippen LogP contribution in [0.5, 0.6) is 0 Å². The third kappa shape index (κ3) is 5.00. The summed E-state index contributed by atoms with van der Waals surface area (Å²) in [6, 6.07) is 0. The van der Waals surface area contributed by atoms with Crippen LogP contribution in [0.15, 0.2) is 18.0 Å². The first kappa shape index (κ1) is 14.4. The van der Waals surface area contributed by atoms with Crippen molar-refractivity contribution in [1.29, 1.82) is 0 Å². The maximum atomic E-state index is 4.53. The molecule has 2 nitrogen and oxygen atoms in total. The minimum Gasteiger partial charge on any atom is -0.311 e. The van der Waals surface area contributed by atoms with E-state index in [9.17, 15) is 0 Å². The summed E-state index contributed by atoms with van der Waals surface area (Å²) in [6.45, 7) is 15.7. The molecule has 96 valence electrons. The highest BCUT2D eigenvalue weighted by Crippen LogP contribution is 2.24. The van der Waals surface area contributed by atoms with Gasteiger partial charge in [-0.2, -0.15) is 0 Å². The molecular formula is C14H24N2S. The van der Waals surface area contributed by atoms with Gasteiger partial charge in [0.05, 0.1) is 10.7 Å². The van der Waals surface area contributed by atoms with E-state index in [0.29, 0.717) is 0 Å². The van der Waals surface area contributed by atoms with Crippen LogP contribution in [0.4, 0.5) is 0 Å². The molecule has 0 fully saturated rings. The maximum absolute atomic E-state index is 4.53. The van der Waals surface area contributed by atoms with Gasteiger partial charge in [0.2, 0.25) is 0 Å². The Morgan fingerprint density at radius 1 is 1.41 bits per heavy atom. The highest BCUT2D eigenvalue weighted by Gasteiger charge is 2.24. The number of hydrogen-bond donors (Lipinski definition) is 1. The van der Waals surface area contributed by atoms with Gasteiger partial charge in [0.15, 0.2) is 0 Å². The van der Waals surface area contributed by atoms with Gasteiger partial charge in [0.25, 0.3) is 0 Å². The van der Waals surface area contributed by atoms with Gasteiger partial charge in [0, 0.05) is 29.3 Å². The molecule has 0 radical (unpaired) electrons. The Morgan fingerprint density at radius 3 is 2.47 bits per heavy atom. The van der Waals surface area contributed by atoms with Crippen LogP contribution in [0.1, 0.15) is 38.4 Å². The minimum absolute atomic E-state index is 0.0633. The zero-order valence-corrected chi connectivity index (χ0v) is 12.4. The van der Waals surface area contributed by atoms with Crippen LogP contribution in [0, 0.1) is 12.3 Å². The number of aromatic nitrogens is 1. The molecular weight excluding hydrogens is 228 g/mol. The molecule has 0 spiro atoms. The van der Waals surface area contributed by atoms with E-state index >= 15 is 0 Å². The van der Waals surface area contributed by atoms with Gasteiger partial charge in [-0.15, -0.1) is 17.9 Å².